The summed E-state index contributed by atoms with van der Waals surface area (Å²) in [6, 6.07) is 15.7. The van der Waals surface area contributed by atoms with Crippen molar-refractivity contribution >= 4 is 5.69 Å². The highest BCUT2D eigenvalue weighted by Gasteiger charge is 2.43. The summed E-state index contributed by atoms with van der Waals surface area (Å²) in [6.45, 7) is 6.28. The molecule has 3 saturated heterocycles. The predicted octanol–water partition coefficient (Wildman–Crippen LogP) is 3.39. The zero-order chi connectivity index (χ0) is 22.8. The molecule has 3 fully saturated rings. The molecule has 4 atom stereocenters. The quantitative estimate of drug-likeness (QED) is 0.670. The van der Waals surface area contributed by atoms with E-state index in [2.05, 4.69) is 11.8 Å². The number of aliphatic hydroxyl groups excluding tert-OH is 1. The fourth-order valence-corrected chi connectivity index (χ4v) is 5.15. The lowest BCUT2D eigenvalue weighted by Crippen LogP contribution is -2.50. The SMILES string of the molecule is C[C@@H]1[C@H](CN2CCC3(CC2)OCCO3)O[C@H](c2cccc(N)c2)O[C@@H]1c1ccc(CO)cc1. The molecule has 3 N–H and O–H groups in total. The summed E-state index contributed by atoms with van der Waals surface area (Å²) < 4.78 is 24.8. The van der Waals surface area contributed by atoms with E-state index in [0.29, 0.717) is 18.9 Å². The van der Waals surface area contributed by atoms with Gasteiger partial charge in [0.1, 0.15) is 0 Å². The van der Waals surface area contributed by atoms with Crippen LogP contribution in [0.4, 0.5) is 5.69 Å². The second-order valence-electron chi connectivity index (χ2n) is 9.40. The van der Waals surface area contributed by atoms with Crippen LogP contribution in [0.5, 0.6) is 0 Å². The Hall–Kier alpha value is -2.00. The maximum atomic E-state index is 9.42. The van der Waals surface area contributed by atoms with Gasteiger partial charge in [0.25, 0.3) is 0 Å². The largest absolute Gasteiger partial charge is 0.399 e. The number of hydrogen-bond donors (Lipinski definition) is 2. The Kier molecular flexibility index (Phi) is 6.69. The molecule has 0 aromatic heterocycles. The third-order valence-electron chi connectivity index (χ3n) is 7.18. The zero-order valence-electron chi connectivity index (χ0n) is 19.2. The number of nitrogen functional groups attached to an aromatic ring is 1. The van der Waals surface area contributed by atoms with Crippen molar-refractivity contribution in [2.24, 2.45) is 5.92 Å². The second-order valence-corrected chi connectivity index (χ2v) is 9.40. The Morgan fingerprint density at radius 3 is 2.39 bits per heavy atom. The van der Waals surface area contributed by atoms with E-state index in [1.54, 1.807) is 0 Å². The molecule has 178 valence electrons. The van der Waals surface area contributed by atoms with E-state index in [1.807, 2.05) is 48.5 Å². The molecule has 0 aliphatic carbocycles. The molecular formula is C26H34N2O5. The molecule has 3 heterocycles. The molecule has 3 aliphatic rings. The van der Waals surface area contributed by atoms with Crippen LogP contribution >= 0.6 is 0 Å². The number of rotatable bonds is 5. The molecule has 1 spiro atoms. The fraction of sp³-hybridized carbons (Fsp3) is 0.538. The molecule has 33 heavy (non-hydrogen) atoms. The first-order valence-electron chi connectivity index (χ1n) is 11.9. The smallest absolute Gasteiger partial charge is 0.185 e. The summed E-state index contributed by atoms with van der Waals surface area (Å²) in [5, 5.41) is 9.42. The van der Waals surface area contributed by atoms with Gasteiger partial charge in [0, 0.05) is 49.6 Å². The lowest BCUT2D eigenvalue weighted by atomic mass is 9.89. The molecule has 0 amide bonds. The maximum absolute atomic E-state index is 9.42. The first kappa shape index (κ1) is 22.8. The summed E-state index contributed by atoms with van der Waals surface area (Å²) in [5.74, 6) is -0.225. The standard InChI is InChI=1S/C26H34N2O5/c1-18-23(16-28-11-9-26(10-12-28)30-13-14-31-26)32-25(21-3-2-4-22(27)15-21)33-24(18)20-7-5-19(17-29)6-8-20/h2-8,15,18,23-25,29H,9-14,16-17,27H2,1H3/t18-,23+,24+,25+/m1/s1. The molecule has 0 saturated carbocycles. The molecule has 7 nitrogen and oxygen atoms in total. The third kappa shape index (κ3) is 4.94. The molecular weight excluding hydrogens is 420 g/mol. The van der Waals surface area contributed by atoms with Crippen LogP contribution in [0.2, 0.25) is 0 Å². The Bertz CT molecular complexity index is 921. The number of ether oxygens (including phenoxy) is 4. The number of nitrogens with two attached hydrogens (primary N) is 1. The van der Waals surface area contributed by atoms with Crippen LogP contribution in [-0.2, 0) is 25.6 Å². The zero-order valence-corrected chi connectivity index (χ0v) is 19.2. The van der Waals surface area contributed by atoms with Gasteiger partial charge >= 0.3 is 0 Å². The third-order valence-corrected chi connectivity index (χ3v) is 7.18. The first-order chi connectivity index (χ1) is 16.0. The van der Waals surface area contributed by atoms with Gasteiger partial charge < -0.3 is 34.7 Å². The van der Waals surface area contributed by atoms with Gasteiger partial charge in [-0.2, -0.15) is 0 Å². The molecule has 5 rings (SSSR count). The number of aliphatic hydroxyl groups is 1. The minimum Gasteiger partial charge on any atom is -0.399 e. The fourth-order valence-electron chi connectivity index (χ4n) is 5.15. The Morgan fingerprint density at radius 1 is 1.00 bits per heavy atom. The summed E-state index contributed by atoms with van der Waals surface area (Å²) in [7, 11) is 0. The predicted molar refractivity (Wildman–Crippen MR) is 124 cm³/mol. The van der Waals surface area contributed by atoms with E-state index in [-0.39, 0.29) is 30.5 Å². The Morgan fingerprint density at radius 2 is 1.73 bits per heavy atom. The van der Waals surface area contributed by atoms with Gasteiger partial charge in [0.05, 0.1) is 32.0 Å². The average Bonchev–Trinajstić information content (AvgIpc) is 3.30. The minimum atomic E-state index is -0.491. The lowest BCUT2D eigenvalue weighted by Gasteiger charge is -2.44. The summed E-state index contributed by atoms with van der Waals surface area (Å²) in [6.07, 6.45) is 1.15. The average molecular weight is 455 g/mol. The van der Waals surface area contributed by atoms with E-state index < -0.39 is 6.29 Å². The molecule has 3 aliphatic heterocycles. The van der Waals surface area contributed by atoms with Crippen LogP contribution in [-0.4, -0.2) is 54.7 Å². The number of piperidine rings is 1. The van der Waals surface area contributed by atoms with E-state index >= 15 is 0 Å². The van der Waals surface area contributed by atoms with Crippen molar-refractivity contribution < 1.29 is 24.1 Å². The Labute approximate surface area is 195 Å². The second kappa shape index (κ2) is 9.70. The molecule has 7 heteroatoms. The van der Waals surface area contributed by atoms with Crippen LogP contribution < -0.4 is 5.73 Å². The first-order valence-corrected chi connectivity index (χ1v) is 11.9. The monoisotopic (exact) mass is 454 g/mol. The van der Waals surface area contributed by atoms with Crippen molar-refractivity contribution in [3.05, 3.63) is 65.2 Å². The van der Waals surface area contributed by atoms with Crippen molar-refractivity contribution in [1.29, 1.82) is 0 Å². The Balaban J connectivity index is 1.34. The van der Waals surface area contributed by atoms with Gasteiger partial charge in [-0.1, -0.05) is 43.3 Å². The van der Waals surface area contributed by atoms with Crippen LogP contribution in [0.3, 0.4) is 0 Å². The number of hydrogen-bond acceptors (Lipinski definition) is 7. The van der Waals surface area contributed by atoms with Gasteiger partial charge in [0.15, 0.2) is 12.1 Å². The molecule has 0 bridgehead atoms. The van der Waals surface area contributed by atoms with Crippen LogP contribution in [0.15, 0.2) is 48.5 Å². The van der Waals surface area contributed by atoms with Crippen molar-refractivity contribution in [2.75, 3.05) is 38.6 Å². The van der Waals surface area contributed by atoms with E-state index in [0.717, 1.165) is 49.2 Å². The van der Waals surface area contributed by atoms with Gasteiger partial charge in [-0.3, -0.25) is 0 Å². The van der Waals surface area contributed by atoms with Crippen molar-refractivity contribution in [3.8, 4) is 0 Å². The maximum Gasteiger partial charge on any atom is 0.185 e. The van der Waals surface area contributed by atoms with E-state index in [1.165, 1.54) is 0 Å². The molecule has 2 aromatic carbocycles. The van der Waals surface area contributed by atoms with E-state index in [4.69, 9.17) is 24.7 Å². The van der Waals surface area contributed by atoms with Crippen molar-refractivity contribution in [3.63, 3.8) is 0 Å². The number of benzene rings is 2. The highest BCUT2D eigenvalue weighted by molar-refractivity contribution is 5.41. The summed E-state index contributed by atoms with van der Waals surface area (Å²) in [5.41, 5.74) is 9.64. The lowest BCUT2D eigenvalue weighted by molar-refractivity contribution is -0.278. The van der Waals surface area contributed by atoms with Crippen molar-refractivity contribution in [1.82, 2.24) is 4.90 Å². The van der Waals surface area contributed by atoms with Crippen LogP contribution in [0.1, 0.15) is 48.8 Å². The molecule has 0 radical (unpaired) electrons. The van der Waals surface area contributed by atoms with Gasteiger partial charge in [0.2, 0.25) is 0 Å². The normalized spacial score (nSPS) is 30.0. The van der Waals surface area contributed by atoms with Crippen LogP contribution in [0, 0.1) is 5.92 Å². The van der Waals surface area contributed by atoms with Gasteiger partial charge in [-0.25, -0.2) is 0 Å². The van der Waals surface area contributed by atoms with Gasteiger partial charge in [-0.15, -0.1) is 0 Å². The highest BCUT2D eigenvalue weighted by Crippen LogP contribution is 2.42. The van der Waals surface area contributed by atoms with Gasteiger partial charge in [-0.05, 0) is 23.3 Å². The number of nitrogens with zero attached hydrogens (tertiary/aromatic N) is 1. The number of likely N-dealkylation sites (tertiary alicyclic amines) is 1. The van der Waals surface area contributed by atoms with Crippen LogP contribution in [0.25, 0.3) is 0 Å². The van der Waals surface area contributed by atoms with E-state index in [9.17, 15) is 5.11 Å². The number of anilines is 1. The summed E-state index contributed by atoms with van der Waals surface area (Å²) >= 11 is 0. The highest BCUT2D eigenvalue weighted by atomic mass is 16.7. The topological polar surface area (TPSA) is 86.4 Å². The van der Waals surface area contributed by atoms with Crippen molar-refractivity contribution in [2.45, 2.75) is 50.7 Å². The molecule has 2 aromatic rings. The minimum absolute atomic E-state index is 0.00726. The molecule has 0 unspecified atom stereocenters. The summed E-state index contributed by atoms with van der Waals surface area (Å²) in [4.78, 5) is 2.45.